The summed E-state index contributed by atoms with van der Waals surface area (Å²) in [4.78, 5) is 44.9. The van der Waals surface area contributed by atoms with E-state index in [1.54, 1.807) is 24.3 Å². The van der Waals surface area contributed by atoms with Gasteiger partial charge in [-0.1, -0.05) is 54.6 Å². The van der Waals surface area contributed by atoms with E-state index in [0.717, 1.165) is 11.1 Å². The predicted molar refractivity (Wildman–Crippen MR) is 117 cm³/mol. The van der Waals surface area contributed by atoms with Gasteiger partial charge >= 0.3 is 0 Å². The van der Waals surface area contributed by atoms with E-state index in [9.17, 15) is 19.7 Å². The van der Waals surface area contributed by atoms with Crippen LogP contribution in [0.25, 0.3) is 0 Å². The van der Waals surface area contributed by atoms with E-state index in [0.29, 0.717) is 11.4 Å². The number of nitro groups is 1. The van der Waals surface area contributed by atoms with E-state index in [2.05, 4.69) is 0 Å². The summed E-state index contributed by atoms with van der Waals surface area (Å²) >= 11 is 0. The van der Waals surface area contributed by atoms with Crippen LogP contribution in [0, 0.1) is 23.0 Å². The molecule has 0 radical (unpaired) electrons. The molecule has 0 unspecified atom stereocenters. The third-order valence-electron chi connectivity index (χ3n) is 5.91. The van der Waals surface area contributed by atoms with E-state index in [-0.39, 0.29) is 11.6 Å². The number of nitro benzene ring substituents is 1. The number of amides is 2. The van der Waals surface area contributed by atoms with Crippen LogP contribution in [0.2, 0.25) is 0 Å². The Morgan fingerprint density at radius 1 is 0.906 bits per heavy atom. The number of aryl methyl sites for hydroxylation is 1. The zero-order valence-corrected chi connectivity index (χ0v) is 17.1. The zero-order chi connectivity index (χ0) is 22.4. The highest BCUT2D eigenvalue weighted by Crippen LogP contribution is 2.48. The van der Waals surface area contributed by atoms with E-state index in [1.165, 1.54) is 22.1 Å². The Hall–Kier alpha value is -4.04. The van der Waals surface area contributed by atoms with Crippen LogP contribution < -0.4 is 9.96 Å². The average Bonchev–Trinajstić information content (AvgIpc) is 3.31. The fraction of sp³-hybridized carbons (Fsp3) is 0.167. The minimum Gasteiger partial charge on any atom is -0.273 e. The van der Waals surface area contributed by atoms with Crippen molar-refractivity contribution in [1.82, 2.24) is 0 Å². The summed E-state index contributed by atoms with van der Waals surface area (Å²) in [5.74, 6) is -1.58. The summed E-state index contributed by atoms with van der Waals surface area (Å²) in [5.41, 5.74) is 2.43. The van der Waals surface area contributed by atoms with Crippen LogP contribution in [0.15, 0.2) is 78.9 Å². The van der Waals surface area contributed by atoms with Crippen LogP contribution in [0.1, 0.15) is 17.2 Å². The molecular formula is C24H19N3O5. The van der Waals surface area contributed by atoms with Crippen molar-refractivity contribution in [3.8, 4) is 0 Å². The van der Waals surface area contributed by atoms with Crippen molar-refractivity contribution in [3.05, 3.63) is 100 Å². The largest absolute Gasteiger partial charge is 0.273 e. The third kappa shape index (κ3) is 3.04. The van der Waals surface area contributed by atoms with Gasteiger partial charge in [0.1, 0.15) is 5.92 Å². The quantitative estimate of drug-likeness (QED) is 0.354. The molecule has 8 heteroatoms. The van der Waals surface area contributed by atoms with Gasteiger partial charge < -0.3 is 0 Å². The third-order valence-corrected chi connectivity index (χ3v) is 5.91. The highest BCUT2D eigenvalue weighted by atomic mass is 16.7. The molecular weight excluding hydrogens is 410 g/mol. The maximum absolute atomic E-state index is 13.6. The van der Waals surface area contributed by atoms with E-state index in [4.69, 9.17) is 4.84 Å². The molecule has 2 heterocycles. The summed E-state index contributed by atoms with van der Waals surface area (Å²) in [5, 5.41) is 12.7. The molecule has 0 aromatic heterocycles. The van der Waals surface area contributed by atoms with Crippen molar-refractivity contribution in [3.63, 3.8) is 0 Å². The maximum Gasteiger partial charge on any atom is 0.271 e. The topological polar surface area (TPSA) is 93.0 Å². The minimum absolute atomic E-state index is 0.103. The van der Waals surface area contributed by atoms with Gasteiger partial charge in [0.15, 0.2) is 6.10 Å². The second-order valence-corrected chi connectivity index (χ2v) is 7.81. The average molecular weight is 429 g/mol. The molecule has 3 aromatic carbocycles. The fourth-order valence-electron chi connectivity index (χ4n) is 4.42. The van der Waals surface area contributed by atoms with Gasteiger partial charge in [-0.25, -0.2) is 9.96 Å². The molecule has 5 rings (SSSR count). The van der Waals surface area contributed by atoms with Crippen LogP contribution in [-0.2, 0) is 14.4 Å². The number of carbonyl (C=O) groups is 2. The van der Waals surface area contributed by atoms with Crippen LogP contribution in [0.3, 0.4) is 0 Å². The van der Waals surface area contributed by atoms with Gasteiger partial charge in [-0.3, -0.25) is 24.5 Å². The van der Waals surface area contributed by atoms with Crippen LogP contribution >= 0.6 is 0 Å². The molecule has 0 bridgehead atoms. The standard InChI is InChI=1S/C24H19N3O5/c1-15-8-5-6-13-19(15)25-23(28)20-21(16-9-3-2-4-10-16)26(32-22(20)24(25)29)17-11-7-12-18(14-17)27(30)31/h2-14,20-22H,1H3/t20-,21-,22+/m1/s1. The lowest BCUT2D eigenvalue weighted by Gasteiger charge is -2.29. The summed E-state index contributed by atoms with van der Waals surface area (Å²) in [7, 11) is 0. The molecule has 160 valence electrons. The van der Waals surface area contributed by atoms with Crippen molar-refractivity contribution in [2.24, 2.45) is 5.92 Å². The highest BCUT2D eigenvalue weighted by Gasteiger charge is 2.60. The molecule has 0 N–H and O–H groups in total. The Kier molecular flexibility index (Phi) is 4.71. The number of nitrogens with zero attached hydrogens (tertiary/aromatic N) is 3. The molecule has 2 aliphatic rings. The molecule has 0 saturated carbocycles. The van der Waals surface area contributed by atoms with Crippen LogP contribution in [0.4, 0.5) is 17.1 Å². The predicted octanol–water partition coefficient (Wildman–Crippen LogP) is 3.95. The minimum atomic E-state index is -1.02. The molecule has 0 aliphatic carbocycles. The van der Waals surface area contributed by atoms with E-state index < -0.39 is 28.9 Å². The number of non-ortho nitro benzene ring substituents is 1. The lowest BCUT2D eigenvalue weighted by atomic mass is 9.90. The van der Waals surface area contributed by atoms with Crippen LogP contribution in [0.5, 0.6) is 0 Å². The normalized spacial score (nSPS) is 22.3. The molecule has 2 amide bonds. The number of imide groups is 1. The molecule has 8 nitrogen and oxygen atoms in total. The van der Waals surface area contributed by atoms with Crippen LogP contribution in [-0.4, -0.2) is 22.8 Å². The Morgan fingerprint density at radius 3 is 2.34 bits per heavy atom. The van der Waals surface area contributed by atoms with E-state index in [1.807, 2.05) is 49.4 Å². The number of anilines is 2. The van der Waals surface area contributed by atoms with Gasteiger partial charge in [0, 0.05) is 12.1 Å². The smallest absolute Gasteiger partial charge is 0.271 e. The summed E-state index contributed by atoms with van der Waals surface area (Å²) < 4.78 is 0. The number of hydrogen-bond acceptors (Lipinski definition) is 6. The first-order valence-electron chi connectivity index (χ1n) is 10.2. The monoisotopic (exact) mass is 429 g/mol. The second-order valence-electron chi connectivity index (χ2n) is 7.81. The van der Waals surface area contributed by atoms with Gasteiger partial charge in [0.05, 0.1) is 22.3 Å². The van der Waals surface area contributed by atoms with Crippen molar-refractivity contribution < 1.29 is 19.3 Å². The maximum atomic E-state index is 13.6. The van der Waals surface area contributed by atoms with Crippen molar-refractivity contribution in [2.45, 2.75) is 19.1 Å². The fourth-order valence-corrected chi connectivity index (χ4v) is 4.42. The number of fused-ring (bicyclic) bond motifs is 1. The molecule has 2 saturated heterocycles. The second kappa shape index (κ2) is 7.58. The van der Waals surface area contributed by atoms with Crippen molar-refractivity contribution in [2.75, 3.05) is 9.96 Å². The van der Waals surface area contributed by atoms with Gasteiger partial charge in [0.25, 0.3) is 11.6 Å². The Balaban J connectivity index is 1.60. The highest BCUT2D eigenvalue weighted by molar-refractivity contribution is 6.24. The number of hydroxylamine groups is 1. The first-order chi connectivity index (χ1) is 15.5. The first-order valence-corrected chi connectivity index (χ1v) is 10.2. The summed E-state index contributed by atoms with van der Waals surface area (Å²) in [6.45, 7) is 1.84. The van der Waals surface area contributed by atoms with Crippen molar-refractivity contribution >= 4 is 28.9 Å². The number of benzene rings is 3. The molecule has 32 heavy (non-hydrogen) atoms. The molecule has 3 aromatic rings. The molecule has 2 aliphatic heterocycles. The number of rotatable bonds is 4. The summed E-state index contributed by atoms with van der Waals surface area (Å²) in [6.07, 6.45) is -1.02. The van der Waals surface area contributed by atoms with E-state index >= 15 is 0 Å². The van der Waals surface area contributed by atoms with Gasteiger partial charge in [-0.15, -0.1) is 0 Å². The zero-order valence-electron chi connectivity index (χ0n) is 17.1. The van der Waals surface area contributed by atoms with Gasteiger partial charge in [0.2, 0.25) is 5.91 Å². The molecule has 0 spiro atoms. The van der Waals surface area contributed by atoms with Gasteiger partial charge in [-0.2, -0.15) is 0 Å². The SMILES string of the molecule is Cc1ccccc1N1C(=O)[C@H]2[C@H](ON(c3cccc([N+](=O)[O-])c3)[C@@H]2c2ccccc2)C1=O. The summed E-state index contributed by atoms with van der Waals surface area (Å²) in [6, 6.07) is 21.8. The Labute approximate surface area is 183 Å². The number of hydrogen-bond donors (Lipinski definition) is 0. The Morgan fingerprint density at radius 2 is 1.62 bits per heavy atom. The Bertz CT molecular complexity index is 1230. The van der Waals surface area contributed by atoms with Crippen molar-refractivity contribution in [1.29, 1.82) is 0 Å². The molecule has 2 fully saturated rings. The lowest BCUT2D eigenvalue weighted by Crippen LogP contribution is -2.37. The molecule has 3 atom stereocenters. The first kappa shape index (κ1) is 19.9. The van der Waals surface area contributed by atoms with Gasteiger partial charge in [-0.05, 0) is 30.2 Å². The lowest BCUT2D eigenvalue weighted by molar-refractivity contribution is -0.384. The number of para-hydroxylation sites is 1. The number of carbonyl (C=O) groups excluding carboxylic acids is 2.